The van der Waals surface area contributed by atoms with Crippen molar-refractivity contribution in [2.75, 3.05) is 39.9 Å². The maximum absolute atomic E-state index is 12.0. The molecule has 1 aromatic heterocycles. The summed E-state index contributed by atoms with van der Waals surface area (Å²) < 4.78 is 10.8. The van der Waals surface area contributed by atoms with Crippen LogP contribution < -0.4 is 0 Å². The number of rotatable bonds is 5. The first kappa shape index (κ1) is 18.9. The maximum atomic E-state index is 12.0. The Morgan fingerprint density at radius 3 is 2.85 bits per heavy atom. The third kappa shape index (κ3) is 4.44. The predicted molar refractivity (Wildman–Crippen MR) is 100 cm³/mol. The standard InChI is InChI=1S/C19H24ClN3O3/c1-14-17(21-19(26-14)15-6-3-4-7-16(15)20)12-22-8-5-9-23(11-10-22)18(24)13-25-2/h3-4,6-7H,5,8-13H2,1-2H3. The molecule has 1 saturated heterocycles. The lowest BCUT2D eigenvalue weighted by molar-refractivity contribution is -0.135. The van der Waals surface area contributed by atoms with Crippen LogP contribution in [-0.4, -0.2) is 60.6 Å². The number of methoxy groups -OCH3 is 1. The van der Waals surface area contributed by atoms with Gasteiger partial charge in [-0.25, -0.2) is 4.98 Å². The van der Waals surface area contributed by atoms with Crippen LogP contribution in [0, 0.1) is 6.92 Å². The average molecular weight is 378 g/mol. The van der Waals surface area contributed by atoms with Crippen molar-refractivity contribution in [1.29, 1.82) is 0 Å². The van der Waals surface area contributed by atoms with Crippen LogP contribution in [-0.2, 0) is 16.1 Å². The SMILES string of the molecule is COCC(=O)N1CCCN(Cc2nc(-c3ccccc3Cl)oc2C)CC1. The Hall–Kier alpha value is -1.89. The largest absolute Gasteiger partial charge is 0.441 e. The molecule has 0 aliphatic carbocycles. The number of ether oxygens (including phenoxy) is 1. The van der Waals surface area contributed by atoms with Crippen molar-refractivity contribution in [2.24, 2.45) is 0 Å². The van der Waals surface area contributed by atoms with Crippen LogP contribution in [0.3, 0.4) is 0 Å². The number of hydrogen-bond acceptors (Lipinski definition) is 5. The lowest BCUT2D eigenvalue weighted by Gasteiger charge is -2.21. The number of carbonyl (C=O) groups excluding carboxylic acids is 1. The van der Waals surface area contributed by atoms with Crippen molar-refractivity contribution >= 4 is 17.5 Å². The molecule has 3 rings (SSSR count). The summed E-state index contributed by atoms with van der Waals surface area (Å²) in [7, 11) is 1.55. The number of nitrogens with zero attached hydrogens (tertiary/aromatic N) is 3. The van der Waals surface area contributed by atoms with Gasteiger partial charge in [0.2, 0.25) is 11.8 Å². The first-order valence-corrected chi connectivity index (χ1v) is 9.16. The van der Waals surface area contributed by atoms with Crippen molar-refractivity contribution in [3.05, 3.63) is 40.7 Å². The monoisotopic (exact) mass is 377 g/mol. The van der Waals surface area contributed by atoms with E-state index in [-0.39, 0.29) is 12.5 Å². The molecule has 0 spiro atoms. The number of benzene rings is 1. The Bertz CT molecular complexity index is 762. The predicted octanol–water partition coefficient (Wildman–Crippen LogP) is 2.98. The van der Waals surface area contributed by atoms with Gasteiger partial charge in [0, 0.05) is 39.8 Å². The Kier molecular flexibility index (Phi) is 6.29. The van der Waals surface area contributed by atoms with E-state index in [0.29, 0.717) is 24.0 Å². The number of carbonyl (C=O) groups is 1. The summed E-state index contributed by atoms with van der Waals surface area (Å²) in [6.45, 7) is 5.97. The fraction of sp³-hybridized carbons (Fsp3) is 0.474. The van der Waals surface area contributed by atoms with Gasteiger partial charge in [-0.3, -0.25) is 9.69 Å². The van der Waals surface area contributed by atoms with Gasteiger partial charge in [0.05, 0.1) is 16.3 Å². The molecule has 2 heterocycles. The van der Waals surface area contributed by atoms with Gasteiger partial charge in [0.15, 0.2) is 0 Å². The molecule has 140 valence electrons. The number of amides is 1. The Morgan fingerprint density at radius 2 is 2.08 bits per heavy atom. The van der Waals surface area contributed by atoms with Gasteiger partial charge >= 0.3 is 0 Å². The van der Waals surface area contributed by atoms with Crippen LogP contribution in [0.5, 0.6) is 0 Å². The van der Waals surface area contributed by atoms with E-state index in [0.717, 1.165) is 43.1 Å². The number of aryl methyl sites for hydroxylation is 1. The van der Waals surface area contributed by atoms with E-state index >= 15 is 0 Å². The summed E-state index contributed by atoms with van der Waals surface area (Å²) in [6, 6.07) is 7.54. The zero-order chi connectivity index (χ0) is 18.5. The molecule has 1 amide bonds. The van der Waals surface area contributed by atoms with Crippen LogP contribution >= 0.6 is 11.6 Å². The van der Waals surface area contributed by atoms with Crippen LogP contribution in [0.15, 0.2) is 28.7 Å². The highest BCUT2D eigenvalue weighted by Gasteiger charge is 2.21. The van der Waals surface area contributed by atoms with Crippen molar-refractivity contribution in [3.8, 4) is 11.5 Å². The molecule has 0 atom stereocenters. The first-order chi connectivity index (χ1) is 12.6. The fourth-order valence-electron chi connectivity index (χ4n) is 3.13. The zero-order valence-electron chi connectivity index (χ0n) is 15.2. The van der Waals surface area contributed by atoms with Crippen LogP contribution in [0.25, 0.3) is 11.5 Å². The van der Waals surface area contributed by atoms with Gasteiger partial charge in [-0.15, -0.1) is 0 Å². The minimum absolute atomic E-state index is 0.0490. The highest BCUT2D eigenvalue weighted by molar-refractivity contribution is 6.33. The topological polar surface area (TPSA) is 58.8 Å². The molecule has 26 heavy (non-hydrogen) atoms. The van der Waals surface area contributed by atoms with E-state index < -0.39 is 0 Å². The Morgan fingerprint density at radius 1 is 1.27 bits per heavy atom. The van der Waals surface area contributed by atoms with Crippen molar-refractivity contribution in [3.63, 3.8) is 0 Å². The van der Waals surface area contributed by atoms with Gasteiger partial charge in [-0.05, 0) is 25.5 Å². The Labute approximate surface area is 158 Å². The summed E-state index contributed by atoms with van der Waals surface area (Å²) in [5, 5.41) is 0.627. The average Bonchev–Trinajstić information content (AvgIpc) is 2.83. The molecule has 6 nitrogen and oxygen atoms in total. The molecule has 7 heteroatoms. The van der Waals surface area contributed by atoms with Crippen molar-refractivity contribution < 1.29 is 13.9 Å². The number of halogens is 1. The lowest BCUT2D eigenvalue weighted by atomic mass is 10.2. The molecule has 0 radical (unpaired) electrons. The van der Waals surface area contributed by atoms with Crippen LogP contribution in [0.4, 0.5) is 0 Å². The van der Waals surface area contributed by atoms with E-state index in [4.69, 9.17) is 20.8 Å². The maximum Gasteiger partial charge on any atom is 0.248 e. The summed E-state index contributed by atoms with van der Waals surface area (Å²) >= 11 is 6.25. The molecule has 1 aromatic carbocycles. The molecule has 1 aliphatic heterocycles. The third-order valence-corrected chi connectivity index (χ3v) is 4.91. The fourth-order valence-corrected chi connectivity index (χ4v) is 3.35. The van der Waals surface area contributed by atoms with E-state index in [2.05, 4.69) is 9.88 Å². The molecule has 1 fully saturated rings. The smallest absolute Gasteiger partial charge is 0.248 e. The van der Waals surface area contributed by atoms with E-state index in [9.17, 15) is 4.79 Å². The van der Waals surface area contributed by atoms with Crippen molar-refractivity contribution in [1.82, 2.24) is 14.8 Å². The molecule has 0 bridgehead atoms. The van der Waals surface area contributed by atoms with Crippen molar-refractivity contribution in [2.45, 2.75) is 19.9 Å². The summed E-state index contributed by atoms with van der Waals surface area (Å²) in [4.78, 5) is 20.8. The minimum atomic E-state index is 0.0490. The molecule has 0 unspecified atom stereocenters. The van der Waals surface area contributed by atoms with Gasteiger partial charge in [-0.1, -0.05) is 23.7 Å². The molecular formula is C19H24ClN3O3. The van der Waals surface area contributed by atoms with E-state index in [1.54, 1.807) is 7.11 Å². The second-order valence-electron chi connectivity index (χ2n) is 6.45. The highest BCUT2D eigenvalue weighted by atomic mass is 35.5. The zero-order valence-corrected chi connectivity index (χ0v) is 16.0. The lowest BCUT2D eigenvalue weighted by Crippen LogP contribution is -2.37. The second kappa shape index (κ2) is 8.66. The quantitative estimate of drug-likeness (QED) is 0.801. The summed E-state index contributed by atoms with van der Waals surface area (Å²) in [5.41, 5.74) is 1.72. The number of hydrogen-bond donors (Lipinski definition) is 0. The molecule has 0 N–H and O–H groups in total. The molecule has 2 aromatic rings. The van der Waals surface area contributed by atoms with Gasteiger partial charge in [0.25, 0.3) is 0 Å². The molecule has 0 saturated carbocycles. The first-order valence-electron chi connectivity index (χ1n) is 8.78. The third-order valence-electron chi connectivity index (χ3n) is 4.58. The number of oxazole rings is 1. The van der Waals surface area contributed by atoms with Gasteiger partial charge in [0.1, 0.15) is 12.4 Å². The van der Waals surface area contributed by atoms with E-state index in [1.807, 2.05) is 36.1 Å². The highest BCUT2D eigenvalue weighted by Crippen LogP contribution is 2.28. The summed E-state index contributed by atoms with van der Waals surface area (Å²) in [5.74, 6) is 1.40. The van der Waals surface area contributed by atoms with Gasteiger partial charge < -0.3 is 14.1 Å². The number of aromatic nitrogens is 1. The van der Waals surface area contributed by atoms with Crippen LogP contribution in [0.1, 0.15) is 17.9 Å². The molecule has 1 aliphatic rings. The van der Waals surface area contributed by atoms with Gasteiger partial charge in [-0.2, -0.15) is 0 Å². The summed E-state index contributed by atoms with van der Waals surface area (Å²) in [6.07, 6.45) is 0.934. The second-order valence-corrected chi connectivity index (χ2v) is 6.85. The minimum Gasteiger partial charge on any atom is -0.441 e. The van der Waals surface area contributed by atoms with Crippen LogP contribution in [0.2, 0.25) is 5.02 Å². The van der Waals surface area contributed by atoms with E-state index in [1.165, 1.54) is 0 Å². The Balaban J connectivity index is 1.66. The molecular weight excluding hydrogens is 354 g/mol. The normalized spacial score (nSPS) is 15.9.